The summed E-state index contributed by atoms with van der Waals surface area (Å²) in [6.07, 6.45) is 6.92. The molecule has 4 aliphatic heterocycles. The molecule has 2 saturated heterocycles. The van der Waals surface area contributed by atoms with Crippen LogP contribution < -0.4 is 5.56 Å². The SMILES string of the molecule is CCCN1CCN(C(=O)c2cn(CC3CCCO3)cc3c(=O)n(-c4ccccc4)nc2-3)CC1. The van der Waals surface area contributed by atoms with Gasteiger partial charge in [-0.05, 0) is 37.9 Å². The van der Waals surface area contributed by atoms with Gasteiger partial charge in [0.1, 0.15) is 5.69 Å². The van der Waals surface area contributed by atoms with Gasteiger partial charge in [0, 0.05) is 51.7 Å². The minimum absolute atomic E-state index is 0.0597. The smallest absolute Gasteiger partial charge is 0.282 e. The second kappa shape index (κ2) is 9.49. The van der Waals surface area contributed by atoms with Crippen LogP contribution in [0.4, 0.5) is 0 Å². The van der Waals surface area contributed by atoms with Crippen molar-refractivity contribution in [2.45, 2.75) is 38.8 Å². The molecule has 4 heterocycles. The molecule has 0 N–H and O–H groups in total. The molecule has 0 spiro atoms. The highest BCUT2D eigenvalue weighted by Crippen LogP contribution is 2.25. The lowest BCUT2D eigenvalue weighted by atomic mass is 10.1. The molecule has 1 amide bonds. The highest BCUT2D eigenvalue weighted by atomic mass is 16.5. The summed E-state index contributed by atoms with van der Waals surface area (Å²) in [5.74, 6) is -0.0597. The number of fused-ring (bicyclic) bond motifs is 1. The third-order valence-corrected chi connectivity index (χ3v) is 6.59. The van der Waals surface area contributed by atoms with Gasteiger partial charge in [-0.1, -0.05) is 25.1 Å². The average Bonchev–Trinajstić information content (AvgIpc) is 3.47. The Morgan fingerprint density at radius 1 is 1.12 bits per heavy atom. The van der Waals surface area contributed by atoms with E-state index in [0.717, 1.165) is 45.5 Å². The van der Waals surface area contributed by atoms with Crippen molar-refractivity contribution in [3.63, 3.8) is 0 Å². The number of nitrogens with zero attached hydrogens (tertiary/aromatic N) is 5. The number of para-hydroxylation sites is 1. The molecule has 33 heavy (non-hydrogen) atoms. The molecule has 5 rings (SSSR count). The predicted octanol–water partition coefficient (Wildman–Crippen LogP) is 2.49. The summed E-state index contributed by atoms with van der Waals surface area (Å²) >= 11 is 0. The number of carbonyl (C=O) groups excluding carboxylic acids is 1. The van der Waals surface area contributed by atoms with Crippen LogP contribution in [0.15, 0.2) is 47.5 Å². The molecule has 8 nitrogen and oxygen atoms in total. The highest BCUT2D eigenvalue weighted by Gasteiger charge is 2.29. The van der Waals surface area contributed by atoms with Gasteiger partial charge in [-0.2, -0.15) is 9.78 Å². The first-order valence-corrected chi connectivity index (χ1v) is 12.0. The standard InChI is InChI=1S/C25H31N5O3/c1-2-10-27-11-13-29(14-12-27)24(31)21-17-28(16-20-9-6-15-33-20)18-22-23(21)26-30(25(22)32)19-7-4-3-5-8-19/h3-5,7-8,17-18,20H,2,6,9-16H2,1H3. The van der Waals surface area contributed by atoms with E-state index in [9.17, 15) is 9.59 Å². The Bertz CT molecular complexity index is 1120. The van der Waals surface area contributed by atoms with Crippen molar-refractivity contribution in [2.75, 3.05) is 39.3 Å². The lowest BCUT2D eigenvalue weighted by Gasteiger charge is -2.34. The van der Waals surface area contributed by atoms with E-state index in [1.165, 1.54) is 4.68 Å². The first kappa shape index (κ1) is 21.9. The Hall–Kier alpha value is -2.97. The molecule has 1 unspecified atom stereocenters. The van der Waals surface area contributed by atoms with Crippen LogP contribution in [0.5, 0.6) is 0 Å². The minimum atomic E-state index is -0.209. The van der Waals surface area contributed by atoms with E-state index in [1.807, 2.05) is 52.2 Å². The second-order valence-corrected chi connectivity index (χ2v) is 8.95. The summed E-state index contributed by atoms with van der Waals surface area (Å²) in [5, 5.41) is 4.62. The molecule has 1 aromatic carbocycles. The van der Waals surface area contributed by atoms with Crippen molar-refractivity contribution in [3.8, 4) is 16.9 Å². The molecule has 0 saturated carbocycles. The van der Waals surface area contributed by atoms with Gasteiger partial charge in [0.15, 0.2) is 0 Å². The van der Waals surface area contributed by atoms with Gasteiger partial charge >= 0.3 is 0 Å². The maximum absolute atomic E-state index is 13.6. The fourth-order valence-corrected chi connectivity index (χ4v) is 4.85. The Balaban J connectivity index is 1.52. The first-order chi connectivity index (χ1) is 16.1. The zero-order valence-electron chi connectivity index (χ0n) is 19.2. The molecule has 1 atom stereocenters. The molecule has 174 valence electrons. The third-order valence-electron chi connectivity index (χ3n) is 6.59. The van der Waals surface area contributed by atoms with Crippen molar-refractivity contribution in [2.24, 2.45) is 0 Å². The highest BCUT2D eigenvalue weighted by molar-refractivity contribution is 6.00. The van der Waals surface area contributed by atoms with Crippen molar-refractivity contribution < 1.29 is 9.53 Å². The fourth-order valence-electron chi connectivity index (χ4n) is 4.85. The van der Waals surface area contributed by atoms with Crippen LogP contribution in [-0.2, 0) is 11.3 Å². The number of aromatic nitrogens is 3. The molecule has 8 heteroatoms. The van der Waals surface area contributed by atoms with E-state index in [2.05, 4.69) is 16.9 Å². The van der Waals surface area contributed by atoms with Crippen molar-refractivity contribution in [3.05, 3.63) is 58.6 Å². The van der Waals surface area contributed by atoms with Gasteiger partial charge in [-0.3, -0.25) is 14.5 Å². The molecular formula is C25H31N5O3. The maximum Gasteiger partial charge on any atom is 0.282 e. The lowest BCUT2D eigenvalue weighted by Crippen LogP contribution is -2.49. The van der Waals surface area contributed by atoms with E-state index in [1.54, 1.807) is 0 Å². The van der Waals surface area contributed by atoms with Crippen LogP contribution in [0, 0.1) is 0 Å². The normalized spacial score (nSPS) is 19.4. The average molecular weight is 450 g/mol. The molecule has 4 aliphatic rings. The van der Waals surface area contributed by atoms with Crippen molar-refractivity contribution in [1.29, 1.82) is 0 Å². The summed E-state index contributed by atoms with van der Waals surface area (Å²) in [7, 11) is 0. The number of benzene rings is 1. The third kappa shape index (κ3) is 4.45. The molecule has 2 fully saturated rings. The van der Waals surface area contributed by atoms with E-state index < -0.39 is 0 Å². The lowest BCUT2D eigenvalue weighted by molar-refractivity contribution is 0.0635. The van der Waals surface area contributed by atoms with Crippen LogP contribution in [0.3, 0.4) is 0 Å². The minimum Gasteiger partial charge on any atom is -0.376 e. The molecule has 0 aromatic heterocycles. The topological polar surface area (TPSA) is 72.6 Å². The summed E-state index contributed by atoms with van der Waals surface area (Å²) in [5.41, 5.74) is 1.90. The monoisotopic (exact) mass is 449 g/mol. The molecule has 1 aromatic rings. The van der Waals surface area contributed by atoms with E-state index in [0.29, 0.717) is 42.1 Å². The van der Waals surface area contributed by atoms with Crippen LogP contribution in [-0.4, -0.2) is 75.5 Å². The first-order valence-electron chi connectivity index (χ1n) is 12.0. The van der Waals surface area contributed by atoms with Gasteiger partial charge in [0.2, 0.25) is 0 Å². The number of hydrogen-bond donors (Lipinski definition) is 0. The number of piperazine rings is 1. The van der Waals surface area contributed by atoms with Crippen LogP contribution in [0.2, 0.25) is 0 Å². The summed E-state index contributed by atoms with van der Waals surface area (Å²) in [6.45, 7) is 7.73. The largest absolute Gasteiger partial charge is 0.376 e. The van der Waals surface area contributed by atoms with E-state index in [4.69, 9.17) is 4.74 Å². The Kier molecular flexibility index (Phi) is 6.28. The van der Waals surface area contributed by atoms with Crippen molar-refractivity contribution in [1.82, 2.24) is 24.1 Å². The molecular weight excluding hydrogens is 418 g/mol. The van der Waals surface area contributed by atoms with Gasteiger partial charge in [0.05, 0.1) is 22.9 Å². The number of amides is 1. The Morgan fingerprint density at radius 2 is 1.91 bits per heavy atom. The number of rotatable bonds is 6. The zero-order valence-corrected chi connectivity index (χ0v) is 19.2. The Labute approximate surface area is 193 Å². The number of ether oxygens (including phenoxy) is 1. The van der Waals surface area contributed by atoms with E-state index in [-0.39, 0.29) is 17.6 Å². The maximum atomic E-state index is 13.6. The fraction of sp³-hybridized carbons (Fsp3) is 0.480. The molecule has 0 aliphatic carbocycles. The van der Waals surface area contributed by atoms with Gasteiger partial charge in [-0.25, -0.2) is 0 Å². The predicted molar refractivity (Wildman–Crippen MR) is 126 cm³/mol. The van der Waals surface area contributed by atoms with Crippen LogP contribution >= 0.6 is 0 Å². The quantitative estimate of drug-likeness (QED) is 0.578. The summed E-state index contributed by atoms with van der Waals surface area (Å²) < 4.78 is 9.15. The van der Waals surface area contributed by atoms with Gasteiger partial charge < -0.3 is 14.2 Å². The van der Waals surface area contributed by atoms with Gasteiger partial charge in [-0.15, -0.1) is 0 Å². The molecule has 0 bridgehead atoms. The number of carbonyl (C=O) groups is 1. The van der Waals surface area contributed by atoms with Gasteiger partial charge in [0.25, 0.3) is 11.5 Å². The van der Waals surface area contributed by atoms with Crippen LogP contribution in [0.25, 0.3) is 16.9 Å². The number of hydrogen-bond acceptors (Lipinski definition) is 5. The Morgan fingerprint density at radius 3 is 2.61 bits per heavy atom. The second-order valence-electron chi connectivity index (χ2n) is 8.95. The van der Waals surface area contributed by atoms with Crippen molar-refractivity contribution >= 4 is 5.91 Å². The summed E-state index contributed by atoms with van der Waals surface area (Å²) in [4.78, 5) is 31.2. The van der Waals surface area contributed by atoms with E-state index >= 15 is 0 Å². The molecule has 0 radical (unpaired) electrons. The zero-order chi connectivity index (χ0) is 22.8. The summed E-state index contributed by atoms with van der Waals surface area (Å²) in [6, 6.07) is 9.35. The number of pyridine rings is 1. The van der Waals surface area contributed by atoms with Crippen LogP contribution in [0.1, 0.15) is 36.5 Å².